The summed E-state index contributed by atoms with van der Waals surface area (Å²) in [5.41, 5.74) is 4.71. The van der Waals surface area contributed by atoms with E-state index in [0.29, 0.717) is 40.1 Å². The Kier molecular flexibility index (Phi) is 7.15. The van der Waals surface area contributed by atoms with Crippen molar-refractivity contribution in [2.24, 2.45) is 0 Å². The number of nitrogens with one attached hydrogen (secondary N) is 1. The van der Waals surface area contributed by atoms with Crippen molar-refractivity contribution in [1.82, 2.24) is 9.55 Å². The molecule has 0 aliphatic carbocycles. The van der Waals surface area contributed by atoms with Gasteiger partial charge in [-0.25, -0.2) is 4.98 Å². The summed E-state index contributed by atoms with van der Waals surface area (Å²) in [6, 6.07) is 30.1. The fraction of sp³-hybridized carbons (Fsp3) is 0.129. The molecule has 0 aliphatic heterocycles. The summed E-state index contributed by atoms with van der Waals surface area (Å²) < 4.78 is 1.74. The van der Waals surface area contributed by atoms with E-state index in [2.05, 4.69) is 12.2 Å². The number of aromatic nitrogens is 2. The second-order valence-electron chi connectivity index (χ2n) is 8.93. The number of benzene rings is 4. The molecule has 0 radical (unpaired) electrons. The first-order chi connectivity index (χ1) is 18.0. The molecule has 0 spiro atoms. The minimum Gasteiger partial charge on any atom is -0.322 e. The molecule has 0 fully saturated rings. The highest BCUT2D eigenvalue weighted by atomic mass is 35.5. The molecule has 37 heavy (non-hydrogen) atoms. The molecular weight excluding hydrogens is 482 g/mol. The molecule has 1 N–H and O–H groups in total. The quantitative estimate of drug-likeness (QED) is 0.259. The van der Waals surface area contributed by atoms with Crippen LogP contribution in [0.25, 0.3) is 22.0 Å². The highest BCUT2D eigenvalue weighted by Crippen LogP contribution is 2.24. The second kappa shape index (κ2) is 10.8. The maximum Gasteiger partial charge on any atom is 0.261 e. The number of rotatable bonds is 7. The molecule has 0 aliphatic rings. The lowest BCUT2D eigenvalue weighted by atomic mass is 10.0. The van der Waals surface area contributed by atoms with Crippen molar-refractivity contribution in [1.29, 1.82) is 0 Å². The molecule has 1 heterocycles. The lowest BCUT2D eigenvalue weighted by Gasteiger charge is -2.14. The zero-order valence-electron chi connectivity index (χ0n) is 20.4. The predicted molar refractivity (Wildman–Crippen MR) is 150 cm³/mol. The zero-order chi connectivity index (χ0) is 25.8. The van der Waals surface area contributed by atoms with Gasteiger partial charge in [-0.15, -0.1) is 0 Å². The van der Waals surface area contributed by atoms with Gasteiger partial charge in [0.25, 0.3) is 11.5 Å². The molecule has 0 saturated carbocycles. The number of aryl methyl sites for hydroxylation is 1. The Morgan fingerprint density at radius 3 is 2.41 bits per heavy atom. The molecule has 1 aromatic heterocycles. The summed E-state index contributed by atoms with van der Waals surface area (Å²) in [4.78, 5) is 31.1. The standard InChI is InChI=1S/C31H26ClN3O2/c1-2-7-29-34-28-17-16-26(33-30(36)23-8-4-3-5-9-23)19-27(28)31(37)35(29)20-21-12-14-22(15-13-21)24-10-6-11-25(32)18-24/h3-6,8-19H,2,7,20H2,1H3,(H,33,36). The third-order valence-electron chi connectivity index (χ3n) is 6.25. The smallest absolute Gasteiger partial charge is 0.261 e. The van der Waals surface area contributed by atoms with Gasteiger partial charge in [0, 0.05) is 22.7 Å². The molecule has 0 unspecified atom stereocenters. The van der Waals surface area contributed by atoms with Crippen LogP contribution in [0.2, 0.25) is 5.02 Å². The van der Waals surface area contributed by atoms with Gasteiger partial charge in [0.05, 0.1) is 17.4 Å². The first kappa shape index (κ1) is 24.5. The predicted octanol–water partition coefficient (Wildman–Crippen LogP) is 6.97. The van der Waals surface area contributed by atoms with Gasteiger partial charge in [-0.05, 0) is 65.6 Å². The molecular formula is C31H26ClN3O2. The Bertz CT molecular complexity index is 1630. The van der Waals surface area contributed by atoms with Crippen LogP contribution in [-0.2, 0) is 13.0 Å². The van der Waals surface area contributed by atoms with Crippen LogP contribution in [-0.4, -0.2) is 15.5 Å². The van der Waals surface area contributed by atoms with Crippen molar-refractivity contribution in [2.45, 2.75) is 26.3 Å². The maximum atomic E-state index is 13.7. The van der Waals surface area contributed by atoms with E-state index < -0.39 is 0 Å². The molecule has 0 saturated heterocycles. The molecule has 6 heteroatoms. The molecule has 1 amide bonds. The Hall–Kier alpha value is -4.22. The Morgan fingerprint density at radius 2 is 1.68 bits per heavy atom. The van der Waals surface area contributed by atoms with Crippen molar-refractivity contribution in [3.63, 3.8) is 0 Å². The van der Waals surface area contributed by atoms with Crippen molar-refractivity contribution in [3.05, 3.63) is 129 Å². The van der Waals surface area contributed by atoms with Crippen molar-refractivity contribution >= 4 is 34.1 Å². The Labute approximate surface area is 220 Å². The number of carbonyl (C=O) groups excluding carboxylic acids is 1. The third kappa shape index (κ3) is 5.47. The highest BCUT2D eigenvalue weighted by molar-refractivity contribution is 6.30. The molecule has 0 bridgehead atoms. The van der Waals surface area contributed by atoms with Crippen molar-refractivity contribution in [2.75, 3.05) is 5.32 Å². The lowest BCUT2D eigenvalue weighted by Crippen LogP contribution is -2.26. The van der Waals surface area contributed by atoms with Crippen molar-refractivity contribution in [3.8, 4) is 11.1 Å². The van der Waals surface area contributed by atoms with E-state index in [1.807, 2.05) is 66.7 Å². The minimum absolute atomic E-state index is 0.122. The van der Waals surface area contributed by atoms with Gasteiger partial charge in [0.15, 0.2) is 0 Å². The number of hydrogen-bond acceptors (Lipinski definition) is 3. The van der Waals surface area contributed by atoms with E-state index in [4.69, 9.17) is 16.6 Å². The average molecular weight is 508 g/mol. The van der Waals surface area contributed by atoms with E-state index in [0.717, 1.165) is 28.9 Å². The number of hydrogen-bond donors (Lipinski definition) is 1. The van der Waals surface area contributed by atoms with Gasteiger partial charge in [0.2, 0.25) is 0 Å². The number of fused-ring (bicyclic) bond motifs is 1. The van der Waals surface area contributed by atoms with Gasteiger partial charge >= 0.3 is 0 Å². The molecule has 5 nitrogen and oxygen atoms in total. The van der Waals surface area contributed by atoms with Gasteiger partial charge < -0.3 is 5.32 Å². The number of carbonyl (C=O) groups is 1. The Balaban J connectivity index is 1.47. The topological polar surface area (TPSA) is 64.0 Å². The van der Waals surface area contributed by atoms with Gasteiger partial charge in [-0.3, -0.25) is 14.2 Å². The first-order valence-corrected chi connectivity index (χ1v) is 12.6. The normalized spacial score (nSPS) is 11.0. The van der Waals surface area contributed by atoms with Crippen LogP contribution in [0.4, 0.5) is 5.69 Å². The summed E-state index contributed by atoms with van der Waals surface area (Å²) in [6.45, 7) is 2.48. The second-order valence-corrected chi connectivity index (χ2v) is 9.37. The molecule has 184 valence electrons. The monoisotopic (exact) mass is 507 g/mol. The minimum atomic E-state index is -0.226. The summed E-state index contributed by atoms with van der Waals surface area (Å²) in [5.74, 6) is 0.524. The van der Waals surface area contributed by atoms with Gasteiger partial charge in [0.1, 0.15) is 5.82 Å². The summed E-state index contributed by atoms with van der Waals surface area (Å²) >= 11 is 6.15. The van der Waals surface area contributed by atoms with E-state index >= 15 is 0 Å². The summed E-state index contributed by atoms with van der Waals surface area (Å²) in [5, 5.41) is 4.05. The van der Waals surface area contributed by atoms with Crippen LogP contribution < -0.4 is 10.9 Å². The molecule has 5 rings (SSSR count). The molecule has 4 aromatic carbocycles. The van der Waals surface area contributed by atoms with Crippen molar-refractivity contribution < 1.29 is 4.79 Å². The number of anilines is 1. The van der Waals surface area contributed by atoms with E-state index in [1.54, 1.807) is 34.9 Å². The number of amides is 1. The molecule has 0 atom stereocenters. The van der Waals surface area contributed by atoms with E-state index in [-0.39, 0.29) is 11.5 Å². The zero-order valence-corrected chi connectivity index (χ0v) is 21.2. The number of halogens is 1. The van der Waals surface area contributed by atoms with E-state index in [1.165, 1.54) is 0 Å². The molecule has 5 aromatic rings. The van der Waals surface area contributed by atoms with Crippen LogP contribution in [0.1, 0.15) is 35.1 Å². The number of nitrogens with zero attached hydrogens (tertiary/aromatic N) is 2. The van der Waals surface area contributed by atoms with Crippen LogP contribution in [0.5, 0.6) is 0 Å². The summed E-state index contributed by atoms with van der Waals surface area (Å²) in [7, 11) is 0. The largest absolute Gasteiger partial charge is 0.322 e. The summed E-state index contributed by atoms with van der Waals surface area (Å²) in [6.07, 6.45) is 1.56. The fourth-order valence-corrected chi connectivity index (χ4v) is 4.56. The lowest BCUT2D eigenvalue weighted by molar-refractivity contribution is 0.102. The highest BCUT2D eigenvalue weighted by Gasteiger charge is 2.13. The van der Waals surface area contributed by atoms with Crippen LogP contribution >= 0.6 is 11.6 Å². The van der Waals surface area contributed by atoms with Crippen LogP contribution in [0, 0.1) is 0 Å². The van der Waals surface area contributed by atoms with Crippen LogP contribution in [0.15, 0.2) is 102 Å². The van der Waals surface area contributed by atoms with Crippen LogP contribution in [0.3, 0.4) is 0 Å². The third-order valence-corrected chi connectivity index (χ3v) is 6.49. The fourth-order valence-electron chi connectivity index (χ4n) is 4.37. The maximum absolute atomic E-state index is 13.7. The van der Waals surface area contributed by atoms with E-state index in [9.17, 15) is 9.59 Å². The average Bonchev–Trinajstić information content (AvgIpc) is 2.92. The Morgan fingerprint density at radius 1 is 0.892 bits per heavy atom. The van der Waals surface area contributed by atoms with Gasteiger partial charge in [-0.2, -0.15) is 0 Å². The first-order valence-electron chi connectivity index (χ1n) is 12.3. The SMILES string of the molecule is CCCc1nc2ccc(NC(=O)c3ccccc3)cc2c(=O)n1Cc1ccc(-c2cccc(Cl)c2)cc1. The van der Waals surface area contributed by atoms with Gasteiger partial charge in [-0.1, -0.05) is 73.1 Å².